The first-order chi connectivity index (χ1) is 10.2. The van der Waals surface area contributed by atoms with Crippen LogP contribution in [0.25, 0.3) is 0 Å². The standard InChI is InChI=1S/C16H19F3O2S/c1-10-5-11(7-12(6-10)16(17,18)19)15(20)8-13-3-2-4-14(9-15)22(13)21/h5-7,13-14,20H,2-4,8-9H2,1H3. The van der Waals surface area contributed by atoms with E-state index in [1.807, 2.05) is 0 Å². The van der Waals surface area contributed by atoms with E-state index in [0.29, 0.717) is 11.1 Å². The summed E-state index contributed by atoms with van der Waals surface area (Å²) in [5.74, 6) is 0. The lowest BCUT2D eigenvalue weighted by molar-refractivity contribution is -0.137. The highest BCUT2D eigenvalue weighted by Crippen LogP contribution is 2.45. The molecule has 0 amide bonds. The molecule has 2 bridgehead atoms. The lowest BCUT2D eigenvalue weighted by atomic mass is 9.79. The Kier molecular flexibility index (Phi) is 3.88. The zero-order valence-electron chi connectivity index (χ0n) is 12.3. The second-order valence-corrected chi connectivity index (χ2v) is 8.52. The van der Waals surface area contributed by atoms with Crippen LogP contribution in [0.5, 0.6) is 0 Å². The molecule has 2 heterocycles. The second-order valence-electron chi connectivity index (χ2n) is 6.53. The molecule has 2 aliphatic rings. The molecule has 2 nitrogen and oxygen atoms in total. The average molecular weight is 332 g/mol. The van der Waals surface area contributed by atoms with Crippen molar-refractivity contribution in [1.29, 1.82) is 0 Å². The van der Waals surface area contributed by atoms with Gasteiger partial charge in [0.05, 0.1) is 11.2 Å². The van der Waals surface area contributed by atoms with Crippen LogP contribution in [0.15, 0.2) is 18.2 Å². The van der Waals surface area contributed by atoms with Gasteiger partial charge in [-0.1, -0.05) is 18.1 Å². The normalized spacial score (nSPS) is 35.4. The van der Waals surface area contributed by atoms with E-state index < -0.39 is 28.1 Å². The number of rotatable bonds is 1. The molecule has 2 aliphatic heterocycles. The molecule has 6 heteroatoms. The molecule has 22 heavy (non-hydrogen) atoms. The van der Waals surface area contributed by atoms with Gasteiger partial charge in [-0.15, -0.1) is 0 Å². The summed E-state index contributed by atoms with van der Waals surface area (Å²) >= 11 is 0. The number of benzene rings is 1. The van der Waals surface area contributed by atoms with Gasteiger partial charge in [0, 0.05) is 21.3 Å². The molecule has 3 rings (SSSR count). The van der Waals surface area contributed by atoms with Crippen LogP contribution in [0.3, 0.4) is 0 Å². The summed E-state index contributed by atoms with van der Waals surface area (Å²) < 4.78 is 51.2. The fourth-order valence-electron chi connectivity index (χ4n) is 3.73. The van der Waals surface area contributed by atoms with Gasteiger partial charge in [-0.05, 0) is 50.3 Å². The fraction of sp³-hybridized carbons (Fsp3) is 0.625. The maximum Gasteiger partial charge on any atom is 0.416 e. The maximum atomic E-state index is 13.0. The van der Waals surface area contributed by atoms with Gasteiger partial charge in [-0.25, -0.2) is 0 Å². The number of fused-ring (bicyclic) bond motifs is 2. The molecular weight excluding hydrogens is 313 g/mol. The summed E-state index contributed by atoms with van der Waals surface area (Å²) in [6, 6.07) is 3.77. The van der Waals surface area contributed by atoms with Crippen LogP contribution in [0.1, 0.15) is 48.8 Å². The molecule has 2 saturated heterocycles. The van der Waals surface area contributed by atoms with Crippen LogP contribution in [0, 0.1) is 6.92 Å². The predicted octanol–water partition coefficient (Wildman–Crippen LogP) is 3.67. The van der Waals surface area contributed by atoms with Crippen LogP contribution in [0.2, 0.25) is 0 Å². The maximum absolute atomic E-state index is 13.0. The molecule has 0 aliphatic carbocycles. The third-order valence-corrected chi connectivity index (χ3v) is 6.90. The van der Waals surface area contributed by atoms with E-state index in [0.717, 1.165) is 31.4 Å². The highest BCUT2D eigenvalue weighted by atomic mass is 32.2. The molecule has 0 spiro atoms. The van der Waals surface area contributed by atoms with Gasteiger partial charge in [0.1, 0.15) is 0 Å². The Morgan fingerprint density at radius 3 is 2.32 bits per heavy atom. The Balaban J connectivity index is 2.00. The lowest BCUT2D eigenvalue weighted by Crippen LogP contribution is -2.47. The third-order valence-electron chi connectivity index (χ3n) is 4.78. The number of halogens is 3. The lowest BCUT2D eigenvalue weighted by Gasteiger charge is -2.44. The third kappa shape index (κ3) is 2.83. The Morgan fingerprint density at radius 1 is 1.18 bits per heavy atom. The minimum Gasteiger partial charge on any atom is -0.385 e. The predicted molar refractivity (Wildman–Crippen MR) is 78.9 cm³/mol. The molecule has 2 fully saturated rings. The van der Waals surface area contributed by atoms with E-state index in [1.165, 1.54) is 0 Å². The van der Waals surface area contributed by atoms with Crippen molar-refractivity contribution in [3.05, 3.63) is 34.9 Å². The second kappa shape index (κ2) is 5.34. The zero-order chi connectivity index (χ0) is 16.1. The van der Waals surface area contributed by atoms with Crippen molar-refractivity contribution in [2.45, 2.75) is 61.3 Å². The van der Waals surface area contributed by atoms with Gasteiger partial charge in [-0.2, -0.15) is 13.2 Å². The Labute approximate surface area is 130 Å². The number of hydrogen-bond acceptors (Lipinski definition) is 2. The summed E-state index contributed by atoms with van der Waals surface area (Å²) in [5, 5.41) is 10.8. The van der Waals surface area contributed by atoms with Crippen molar-refractivity contribution in [2.75, 3.05) is 0 Å². The highest BCUT2D eigenvalue weighted by Gasteiger charge is 2.47. The van der Waals surface area contributed by atoms with Gasteiger partial charge in [0.25, 0.3) is 0 Å². The highest BCUT2D eigenvalue weighted by molar-refractivity contribution is 7.86. The van der Waals surface area contributed by atoms with Crippen molar-refractivity contribution in [2.24, 2.45) is 0 Å². The van der Waals surface area contributed by atoms with Gasteiger partial charge in [0.15, 0.2) is 0 Å². The topological polar surface area (TPSA) is 37.3 Å². The van der Waals surface area contributed by atoms with Crippen molar-refractivity contribution in [3.63, 3.8) is 0 Å². The van der Waals surface area contributed by atoms with Gasteiger partial charge < -0.3 is 5.11 Å². The smallest absolute Gasteiger partial charge is 0.385 e. The van der Waals surface area contributed by atoms with Crippen molar-refractivity contribution >= 4 is 10.8 Å². The number of aryl methyl sites for hydroxylation is 1. The van der Waals surface area contributed by atoms with Crippen LogP contribution in [-0.2, 0) is 22.6 Å². The largest absolute Gasteiger partial charge is 0.416 e. The minimum absolute atomic E-state index is 0.104. The van der Waals surface area contributed by atoms with E-state index in [1.54, 1.807) is 13.0 Å². The first-order valence-electron chi connectivity index (χ1n) is 7.50. The summed E-state index contributed by atoms with van der Waals surface area (Å²) in [7, 11) is -0.966. The van der Waals surface area contributed by atoms with E-state index in [-0.39, 0.29) is 23.3 Å². The fourth-order valence-corrected chi connectivity index (χ4v) is 5.96. The van der Waals surface area contributed by atoms with Crippen LogP contribution in [-0.4, -0.2) is 19.8 Å². The summed E-state index contributed by atoms with van der Waals surface area (Å²) in [6.45, 7) is 1.60. The van der Waals surface area contributed by atoms with E-state index in [2.05, 4.69) is 0 Å². The van der Waals surface area contributed by atoms with Crippen LogP contribution < -0.4 is 0 Å². The summed E-state index contributed by atoms with van der Waals surface area (Å²) in [4.78, 5) is 0. The van der Waals surface area contributed by atoms with Gasteiger partial charge in [0.2, 0.25) is 0 Å². The first-order valence-corrected chi connectivity index (χ1v) is 8.78. The molecule has 1 aromatic rings. The molecule has 0 saturated carbocycles. The molecular formula is C16H19F3O2S. The zero-order valence-corrected chi connectivity index (χ0v) is 13.1. The number of aliphatic hydroxyl groups is 1. The van der Waals surface area contributed by atoms with Crippen LogP contribution in [0.4, 0.5) is 13.2 Å². The summed E-state index contributed by atoms with van der Waals surface area (Å²) in [5.41, 5.74) is -1.23. The average Bonchev–Trinajstić information content (AvgIpc) is 2.39. The summed E-state index contributed by atoms with van der Waals surface area (Å²) in [6.07, 6.45) is -1.30. The Bertz CT molecular complexity index is 596. The Morgan fingerprint density at radius 2 is 1.77 bits per heavy atom. The molecule has 0 aromatic heterocycles. The molecule has 1 N–H and O–H groups in total. The molecule has 1 aromatic carbocycles. The van der Waals surface area contributed by atoms with E-state index >= 15 is 0 Å². The molecule has 0 radical (unpaired) electrons. The van der Waals surface area contributed by atoms with Gasteiger partial charge >= 0.3 is 6.18 Å². The SMILES string of the molecule is Cc1cc(C(F)(F)F)cc(C2(O)CC3CCCC(C2)S3=O)c1. The van der Waals surface area contributed by atoms with Gasteiger partial charge in [-0.3, -0.25) is 4.21 Å². The molecule has 2 unspecified atom stereocenters. The molecule has 122 valence electrons. The quantitative estimate of drug-likeness (QED) is 0.852. The van der Waals surface area contributed by atoms with E-state index in [4.69, 9.17) is 0 Å². The van der Waals surface area contributed by atoms with Crippen molar-refractivity contribution in [1.82, 2.24) is 0 Å². The minimum atomic E-state index is -4.43. The van der Waals surface area contributed by atoms with Crippen molar-refractivity contribution in [3.8, 4) is 0 Å². The van der Waals surface area contributed by atoms with Crippen LogP contribution >= 0.6 is 0 Å². The van der Waals surface area contributed by atoms with E-state index in [9.17, 15) is 22.5 Å². The monoisotopic (exact) mass is 332 g/mol. The molecule has 2 atom stereocenters. The Hall–Kier alpha value is -0.880. The van der Waals surface area contributed by atoms with Crippen molar-refractivity contribution < 1.29 is 22.5 Å². The first kappa shape index (κ1) is 16.0. The number of alkyl halides is 3. The number of hydrogen-bond donors (Lipinski definition) is 1.